The highest BCUT2D eigenvalue weighted by Gasteiger charge is 2.28. The minimum atomic E-state index is -0.348. The van der Waals surface area contributed by atoms with Crippen molar-refractivity contribution >= 4 is 5.91 Å². The predicted octanol–water partition coefficient (Wildman–Crippen LogP) is 1.17. The van der Waals surface area contributed by atoms with Crippen LogP contribution in [0.15, 0.2) is 48.0 Å². The molecule has 4 rings (SSSR count). The first-order valence-corrected chi connectivity index (χ1v) is 8.42. The number of pyridine rings is 1. The first-order chi connectivity index (χ1) is 12.6. The third-order valence-corrected chi connectivity index (χ3v) is 4.65. The van der Waals surface area contributed by atoms with Crippen LogP contribution < -0.4 is 5.56 Å². The maximum Gasteiger partial charge on any atom is 0.254 e. The second-order valence-corrected chi connectivity index (χ2v) is 6.28. The number of carbonyl (C=O) groups excluding carboxylic acids is 1. The summed E-state index contributed by atoms with van der Waals surface area (Å²) in [7, 11) is 0. The summed E-state index contributed by atoms with van der Waals surface area (Å²) in [5.41, 5.74) is 1.88. The molecular weight excluding hydrogens is 332 g/mol. The highest BCUT2D eigenvalue weighted by molar-refractivity contribution is 5.80. The van der Waals surface area contributed by atoms with Crippen molar-refractivity contribution < 1.29 is 4.79 Å². The van der Waals surface area contributed by atoms with E-state index in [4.69, 9.17) is 0 Å². The van der Waals surface area contributed by atoms with Gasteiger partial charge in [0.05, 0.1) is 18.6 Å². The molecule has 3 aromatic heterocycles. The molecule has 0 aliphatic carbocycles. The summed E-state index contributed by atoms with van der Waals surface area (Å²) in [4.78, 5) is 42.4. The molecule has 8 nitrogen and oxygen atoms in total. The molecule has 0 aromatic carbocycles. The number of nitrogens with zero attached hydrogens (tertiary/aromatic N) is 5. The lowest BCUT2D eigenvalue weighted by Crippen LogP contribution is -2.42. The topological polar surface area (TPSA) is 96.8 Å². The fourth-order valence-electron chi connectivity index (χ4n) is 3.16. The average molecular weight is 350 g/mol. The Labute approximate surface area is 149 Å². The van der Waals surface area contributed by atoms with Gasteiger partial charge in [0.15, 0.2) is 0 Å². The van der Waals surface area contributed by atoms with Crippen LogP contribution in [0.1, 0.15) is 24.2 Å². The van der Waals surface area contributed by atoms with E-state index in [1.807, 2.05) is 13.0 Å². The van der Waals surface area contributed by atoms with Crippen LogP contribution in [0.25, 0.3) is 11.4 Å². The van der Waals surface area contributed by atoms with E-state index in [9.17, 15) is 9.59 Å². The number of hydrogen-bond acceptors (Lipinski definition) is 5. The Morgan fingerprint density at radius 1 is 1.31 bits per heavy atom. The van der Waals surface area contributed by atoms with Crippen molar-refractivity contribution in [2.24, 2.45) is 0 Å². The van der Waals surface area contributed by atoms with E-state index in [-0.39, 0.29) is 17.5 Å². The summed E-state index contributed by atoms with van der Waals surface area (Å²) in [6.45, 7) is 2.66. The molecule has 1 amide bonds. The Morgan fingerprint density at radius 2 is 2.19 bits per heavy atom. The van der Waals surface area contributed by atoms with Crippen LogP contribution >= 0.6 is 0 Å². The van der Waals surface area contributed by atoms with E-state index in [0.29, 0.717) is 36.6 Å². The first kappa shape index (κ1) is 16.2. The van der Waals surface area contributed by atoms with Gasteiger partial charge < -0.3 is 14.5 Å². The number of fused-ring (bicyclic) bond motifs is 1. The van der Waals surface area contributed by atoms with E-state index in [1.165, 1.54) is 0 Å². The van der Waals surface area contributed by atoms with Crippen molar-refractivity contribution in [2.75, 3.05) is 6.54 Å². The van der Waals surface area contributed by atoms with Gasteiger partial charge in [0.1, 0.15) is 11.9 Å². The third-order valence-electron chi connectivity index (χ3n) is 4.65. The Balaban J connectivity index is 1.63. The summed E-state index contributed by atoms with van der Waals surface area (Å²) < 4.78 is 1.77. The number of aromatic amines is 1. The number of nitrogens with one attached hydrogen (secondary N) is 1. The molecule has 0 bridgehead atoms. The van der Waals surface area contributed by atoms with Crippen LogP contribution in [-0.4, -0.2) is 41.9 Å². The van der Waals surface area contributed by atoms with E-state index in [0.717, 1.165) is 5.56 Å². The van der Waals surface area contributed by atoms with Gasteiger partial charge in [-0.2, -0.15) is 0 Å². The van der Waals surface area contributed by atoms with E-state index in [1.54, 1.807) is 46.6 Å². The molecule has 1 aliphatic heterocycles. The number of imidazole rings is 1. The standard InChI is InChI=1S/C18H18N6O2/c1-12(24-8-6-20-11-24)18(26)23-7-4-14-15(10-23)21-16(22-17(14)25)13-3-2-5-19-9-13/h2-3,5-6,8-9,11-12H,4,7,10H2,1H3,(H,21,22,25). The van der Waals surface area contributed by atoms with Gasteiger partial charge in [-0.15, -0.1) is 0 Å². The Morgan fingerprint density at radius 3 is 2.92 bits per heavy atom. The summed E-state index contributed by atoms with van der Waals surface area (Å²) in [6, 6.07) is 3.28. The molecule has 0 spiro atoms. The zero-order valence-electron chi connectivity index (χ0n) is 14.3. The largest absolute Gasteiger partial charge is 0.335 e. The van der Waals surface area contributed by atoms with Crippen molar-refractivity contribution in [2.45, 2.75) is 25.9 Å². The van der Waals surface area contributed by atoms with Gasteiger partial charge in [0.2, 0.25) is 5.91 Å². The summed E-state index contributed by atoms with van der Waals surface area (Å²) >= 11 is 0. The smallest absolute Gasteiger partial charge is 0.254 e. The molecule has 0 radical (unpaired) electrons. The molecule has 0 saturated heterocycles. The van der Waals surface area contributed by atoms with Gasteiger partial charge in [-0.1, -0.05) is 0 Å². The molecule has 3 aromatic rings. The number of hydrogen-bond donors (Lipinski definition) is 1. The maximum absolute atomic E-state index is 12.8. The highest BCUT2D eigenvalue weighted by Crippen LogP contribution is 2.20. The molecule has 0 saturated carbocycles. The minimum Gasteiger partial charge on any atom is -0.335 e. The van der Waals surface area contributed by atoms with Crippen molar-refractivity contribution in [3.63, 3.8) is 0 Å². The zero-order chi connectivity index (χ0) is 18.1. The molecule has 132 valence electrons. The second-order valence-electron chi connectivity index (χ2n) is 6.28. The quantitative estimate of drug-likeness (QED) is 0.765. The monoisotopic (exact) mass is 350 g/mol. The summed E-state index contributed by atoms with van der Waals surface area (Å²) in [5.74, 6) is 0.456. The summed E-state index contributed by atoms with van der Waals surface area (Å²) in [6.07, 6.45) is 8.85. The van der Waals surface area contributed by atoms with Gasteiger partial charge in [-0.25, -0.2) is 9.97 Å². The molecule has 4 heterocycles. The van der Waals surface area contributed by atoms with E-state index >= 15 is 0 Å². The highest BCUT2D eigenvalue weighted by atomic mass is 16.2. The van der Waals surface area contributed by atoms with Crippen LogP contribution in [-0.2, 0) is 17.8 Å². The minimum absolute atomic E-state index is 0.0151. The first-order valence-electron chi connectivity index (χ1n) is 8.42. The summed E-state index contributed by atoms with van der Waals surface area (Å²) in [5, 5.41) is 0. The van der Waals surface area contributed by atoms with Gasteiger partial charge in [-0.05, 0) is 25.5 Å². The molecule has 1 aliphatic rings. The van der Waals surface area contributed by atoms with Crippen molar-refractivity contribution in [3.8, 4) is 11.4 Å². The van der Waals surface area contributed by atoms with Crippen LogP contribution in [0.5, 0.6) is 0 Å². The van der Waals surface area contributed by atoms with Gasteiger partial charge in [0, 0.05) is 42.5 Å². The molecule has 1 atom stereocenters. The normalized spacial score (nSPS) is 14.7. The third kappa shape index (κ3) is 2.90. The lowest BCUT2D eigenvalue weighted by Gasteiger charge is -2.30. The lowest BCUT2D eigenvalue weighted by atomic mass is 10.1. The van der Waals surface area contributed by atoms with Crippen LogP contribution in [0, 0.1) is 0 Å². The van der Waals surface area contributed by atoms with E-state index in [2.05, 4.69) is 19.9 Å². The van der Waals surface area contributed by atoms with Crippen LogP contribution in [0.3, 0.4) is 0 Å². The molecule has 26 heavy (non-hydrogen) atoms. The lowest BCUT2D eigenvalue weighted by molar-refractivity contribution is -0.135. The molecule has 1 N–H and O–H groups in total. The Bertz CT molecular complexity index is 981. The van der Waals surface area contributed by atoms with Crippen LogP contribution in [0.4, 0.5) is 0 Å². The van der Waals surface area contributed by atoms with E-state index < -0.39 is 0 Å². The average Bonchev–Trinajstić information content (AvgIpc) is 3.22. The maximum atomic E-state index is 12.8. The predicted molar refractivity (Wildman–Crippen MR) is 94.1 cm³/mol. The number of amides is 1. The molecular formula is C18H18N6O2. The molecule has 0 fully saturated rings. The number of carbonyl (C=O) groups is 1. The molecule has 1 unspecified atom stereocenters. The number of H-pyrrole nitrogens is 1. The van der Waals surface area contributed by atoms with Crippen LogP contribution in [0.2, 0.25) is 0 Å². The fourth-order valence-corrected chi connectivity index (χ4v) is 3.16. The Kier molecular flexibility index (Phi) is 4.08. The van der Waals surface area contributed by atoms with Crippen molar-refractivity contribution in [1.29, 1.82) is 0 Å². The van der Waals surface area contributed by atoms with Crippen molar-refractivity contribution in [3.05, 3.63) is 64.9 Å². The van der Waals surface area contributed by atoms with Gasteiger partial charge in [-0.3, -0.25) is 14.6 Å². The second kappa shape index (κ2) is 6.55. The van der Waals surface area contributed by atoms with Gasteiger partial charge in [0.25, 0.3) is 5.56 Å². The SMILES string of the molecule is CC(C(=O)N1CCc2c(nc(-c3cccnc3)[nH]c2=O)C1)n1ccnc1. The fraction of sp³-hybridized carbons (Fsp3) is 0.278. The number of rotatable bonds is 3. The number of aromatic nitrogens is 5. The Hall–Kier alpha value is -3.29. The molecule has 8 heteroatoms. The zero-order valence-corrected chi connectivity index (χ0v) is 14.3. The van der Waals surface area contributed by atoms with Gasteiger partial charge >= 0.3 is 0 Å². The van der Waals surface area contributed by atoms with Crippen molar-refractivity contribution in [1.82, 2.24) is 29.4 Å².